The van der Waals surface area contributed by atoms with Crippen molar-refractivity contribution < 1.29 is 5.11 Å². The Labute approximate surface area is 102 Å². The highest BCUT2D eigenvalue weighted by Gasteiger charge is 2.25. The molecule has 17 heavy (non-hydrogen) atoms. The van der Waals surface area contributed by atoms with Crippen LogP contribution >= 0.6 is 0 Å². The van der Waals surface area contributed by atoms with Crippen LogP contribution in [0.15, 0.2) is 6.07 Å². The average molecular weight is 236 g/mol. The number of piperidine rings is 1. The molecule has 0 spiro atoms. The first kappa shape index (κ1) is 12.1. The Kier molecular flexibility index (Phi) is 3.47. The summed E-state index contributed by atoms with van der Waals surface area (Å²) in [4.78, 5) is 11.0. The van der Waals surface area contributed by atoms with Gasteiger partial charge in [-0.1, -0.05) is 6.92 Å². The predicted octanol–water partition coefficient (Wildman–Crippen LogP) is 1.03. The van der Waals surface area contributed by atoms with Gasteiger partial charge >= 0.3 is 0 Å². The van der Waals surface area contributed by atoms with E-state index in [1.807, 2.05) is 20.0 Å². The van der Waals surface area contributed by atoms with Gasteiger partial charge in [0.2, 0.25) is 0 Å². The second-order valence-electron chi connectivity index (χ2n) is 4.69. The van der Waals surface area contributed by atoms with Gasteiger partial charge in [0.05, 0.1) is 6.10 Å². The van der Waals surface area contributed by atoms with Crippen LogP contribution in [-0.2, 0) is 0 Å². The number of aryl methyl sites for hydroxylation is 1. The fraction of sp³-hybridized carbons (Fsp3) is 0.667. The molecule has 1 aliphatic rings. The molecule has 0 saturated carbocycles. The van der Waals surface area contributed by atoms with Gasteiger partial charge in [-0.05, 0) is 19.3 Å². The Morgan fingerprint density at radius 1 is 1.47 bits per heavy atom. The van der Waals surface area contributed by atoms with Crippen LogP contribution in [0.1, 0.15) is 19.2 Å². The van der Waals surface area contributed by atoms with Crippen molar-refractivity contribution in [3.8, 4) is 0 Å². The molecule has 0 amide bonds. The van der Waals surface area contributed by atoms with Gasteiger partial charge < -0.3 is 15.3 Å². The molecule has 0 bridgehead atoms. The van der Waals surface area contributed by atoms with Gasteiger partial charge in [-0.15, -0.1) is 0 Å². The highest BCUT2D eigenvalue weighted by Crippen LogP contribution is 2.23. The fourth-order valence-corrected chi connectivity index (χ4v) is 2.18. The molecule has 0 radical (unpaired) electrons. The number of hydrogen-bond acceptors (Lipinski definition) is 5. The summed E-state index contributed by atoms with van der Waals surface area (Å²) >= 11 is 0. The Morgan fingerprint density at radius 3 is 2.88 bits per heavy atom. The van der Waals surface area contributed by atoms with E-state index in [1.54, 1.807) is 0 Å². The summed E-state index contributed by atoms with van der Waals surface area (Å²) < 4.78 is 0. The molecule has 2 heterocycles. The van der Waals surface area contributed by atoms with E-state index in [1.165, 1.54) is 0 Å². The molecule has 2 atom stereocenters. The van der Waals surface area contributed by atoms with Crippen LogP contribution in [0.4, 0.5) is 11.6 Å². The summed E-state index contributed by atoms with van der Waals surface area (Å²) in [6.45, 7) is 5.67. The first-order chi connectivity index (χ1) is 8.10. The third-order valence-corrected chi connectivity index (χ3v) is 3.26. The van der Waals surface area contributed by atoms with Crippen molar-refractivity contribution in [3.63, 3.8) is 0 Å². The Bertz CT molecular complexity index is 396. The van der Waals surface area contributed by atoms with Crippen molar-refractivity contribution in [1.29, 1.82) is 0 Å². The summed E-state index contributed by atoms with van der Waals surface area (Å²) in [7, 11) is 1.86. The summed E-state index contributed by atoms with van der Waals surface area (Å²) in [5.74, 6) is 2.84. The Hall–Kier alpha value is -1.36. The van der Waals surface area contributed by atoms with Crippen LogP contribution in [0.5, 0.6) is 0 Å². The molecule has 2 rings (SSSR count). The standard InChI is InChI=1S/C12H20N4O/c1-8-7-16(5-4-10(8)17)12-6-11(13-3)14-9(2)15-12/h6,8,10,17H,4-5,7H2,1-3H3,(H,13,14,15). The lowest BCUT2D eigenvalue weighted by Crippen LogP contribution is -2.42. The molecule has 1 saturated heterocycles. The first-order valence-corrected chi connectivity index (χ1v) is 6.06. The van der Waals surface area contributed by atoms with Crippen LogP contribution in [-0.4, -0.2) is 41.3 Å². The summed E-state index contributed by atoms with van der Waals surface area (Å²) in [6.07, 6.45) is 0.622. The van der Waals surface area contributed by atoms with E-state index >= 15 is 0 Å². The SMILES string of the molecule is CNc1cc(N2CCC(O)C(C)C2)nc(C)n1. The molecule has 5 heteroatoms. The maximum absolute atomic E-state index is 9.73. The van der Waals surface area contributed by atoms with Crippen LogP contribution in [0, 0.1) is 12.8 Å². The van der Waals surface area contributed by atoms with E-state index in [0.29, 0.717) is 0 Å². The highest BCUT2D eigenvalue weighted by atomic mass is 16.3. The van der Waals surface area contributed by atoms with E-state index in [0.717, 1.165) is 37.0 Å². The van der Waals surface area contributed by atoms with Crippen molar-refractivity contribution in [1.82, 2.24) is 9.97 Å². The molecule has 1 aromatic rings. The maximum Gasteiger partial charge on any atom is 0.134 e. The van der Waals surface area contributed by atoms with Gasteiger partial charge in [0.25, 0.3) is 0 Å². The molecule has 1 fully saturated rings. The van der Waals surface area contributed by atoms with E-state index in [9.17, 15) is 5.11 Å². The predicted molar refractivity (Wildman–Crippen MR) is 68.3 cm³/mol. The first-order valence-electron chi connectivity index (χ1n) is 6.06. The van der Waals surface area contributed by atoms with Gasteiger partial charge in [-0.25, -0.2) is 9.97 Å². The third-order valence-electron chi connectivity index (χ3n) is 3.26. The molecule has 0 aliphatic carbocycles. The van der Waals surface area contributed by atoms with Crippen molar-refractivity contribution >= 4 is 11.6 Å². The summed E-state index contributed by atoms with van der Waals surface area (Å²) in [6, 6.07) is 1.96. The largest absolute Gasteiger partial charge is 0.393 e. The summed E-state index contributed by atoms with van der Waals surface area (Å²) in [5, 5.41) is 12.8. The zero-order chi connectivity index (χ0) is 12.4. The molecule has 1 aromatic heterocycles. The van der Waals surface area contributed by atoms with Gasteiger partial charge in [0.15, 0.2) is 0 Å². The van der Waals surface area contributed by atoms with Gasteiger partial charge in [-0.3, -0.25) is 0 Å². The van der Waals surface area contributed by atoms with Crippen molar-refractivity contribution in [3.05, 3.63) is 11.9 Å². The molecular formula is C12H20N4O. The van der Waals surface area contributed by atoms with Crippen LogP contribution in [0.25, 0.3) is 0 Å². The average Bonchev–Trinajstić information content (AvgIpc) is 2.32. The van der Waals surface area contributed by atoms with E-state index < -0.39 is 0 Å². The lowest BCUT2D eigenvalue weighted by Gasteiger charge is -2.35. The quantitative estimate of drug-likeness (QED) is 0.803. The lowest BCUT2D eigenvalue weighted by atomic mass is 9.97. The third kappa shape index (κ3) is 2.66. The number of anilines is 2. The number of aromatic nitrogens is 2. The minimum absolute atomic E-state index is 0.182. The number of rotatable bonds is 2. The molecule has 2 unspecified atom stereocenters. The van der Waals surface area contributed by atoms with Crippen molar-refractivity contribution in [2.45, 2.75) is 26.4 Å². The van der Waals surface area contributed by atoms with E-state index in [4.69, 9.17) is 0 Å². The van der Waals surface area contributed by atoms with Crippen LogP contribution < -0.4 is 10.2 Å². The van der Waals surface area contributed by atoms with Crippen LogP contribution in [0.3, 0.4) is 0 Å². The van der Waals surface area contributed by atoms with Crippen molar-refractivity contribution in [2.24, 2.45) is 5.92 Å². The number of nitrogens with zero attached hydrogens (tertiary/aromatic N) is 3. The molecule has 5 nitrogen and oxygen atoms in total. The Morgan fingerprint density at radius 2 is 2.24 bits per heavy atom. The minimum atomic E-state index is -0.182. The summed E-state index contributed by atoms with van der Waals surface area (Å²) in [5.41, 5.74) is 0. The number of hydrogen-bond donors (Lipinski definition) is 2. The van der Waals surface area contributed by atoms with Crippen LogP contribution in [0.2, 0.25) is 0 Å². The topological polar surface area (TPSA) is 61.3 Å². The lowest BCUT2D eigenvalue weighted by molar-refractivity contribution is 0.0969. The number of nitrogens with one attached hydrogen (secondary N) is 1. The molecule has 1 aliphatic heterocycles. The monoisotopic (exact) mass is 236 g/mol. The number of aliphatic hydroxyl groups excluding tert-OH is 1. The Balaban J connectivity index is 2.19. The smallest absolute Gasteiger partial charge is 0.134 e. The molecule has 0 aromatic carbocycles. The van der Waals surface area contributed by atoms with E-state index in [-0.39, 0.29) is 12.0 Å². The number of aliphatic hydroxyl groups is 1. The van der Waals surface area contributed by atoms with Crippen molar-refractivity contribution in [2.75, 3.05) is 30.4 Å². The van der Waals surface area contributed by atoms with Gasteiger partial charge in [-0.2, -0.15) is 0 Å². The molecule has 2 N–H and O–H groups in total. The maximum atomic E-state index is 9.73. The highest BCUT2D eigenvalue weighted by molar-refractivity contribution is 5.49. The minimum Gasteiger partial charge on any atom is -0.393 e. The zero-order valence-corrected chi connectivity index (χ0v) is 10.6. The normalized spacial score (nSPS) is 24.8. The second-order valence-corrected chi connectivity index (χ2v) is 4.69. The van der Waals surface area contributed by atoms with Gasteiger partial charge in [0, 0.05) is 26.2 Å². The van der Waals surface area contributed by atoms with E-state index in [2.05, 4.69) is 27.1 Å². The fourth-order valence-electron chi connectivity index (χ4n) is 2.18. The molecular weight excluding hydrogens is 216 g/mol. The van der Waals surface area contributed by atoms with Gasteiger partial charge in [0.1, 0.15) is 17.5 Å². The molecule has 94 valence electrons. The second kappa shape index (κ2) is 4.87. The zero-order valence-electron chi connectivity index (χ0n) is 10.6.